The zero-order chi connectivity index (χ0) is 19.0. The van der Waals surface area contributed by atoms with Crippen LogP contribution in [0.4, 0.5) is 0 Å². The minimum atomic E-state index is 0.413. The Balaban J connectivity index is 1.83. The molecule has 6 heteroatoms. The van der Waals surface area contributed by atoms with E-state index >= 15 is 0 Å². The Morgan fingerprint density at radius 1 is 1.26 bits per heavy atom. The fourth-order valence-corrected chi connectivity index (χ4v) is 4.18. The van der Waals surface area contributed by atoms with Crippen LogP contribution < -0.4 is 0 Å². The van der Waals surface area contributed by atoms with Gasteiger partial charge in [-0.3, -0.25) is 4.98 Å². The van der Waals surface area contributed by atoms with Crippen molar-refractivity contribution in [2.45, 2.75) is 25.7 Å². The van der Waals surface area contributed by atoms with Crippen molar-refractivity contribution in [2.75, 3.05) is 20.1 Å². The van der Waals surface area contributed by atoms with Gasteiger partial charge in [-0.25, -0.2) is 0 Å². The van der Waals surface area contributed by atoms with Crippen LogP contribution in [0.25, 0.3) is 22.3 Å². The van der Waals surface area contributed by atoms with E-state index in [1.54, 1.807) is 6.07 Å². The van der Waals surface area contributed by atoms with Crippen molar-refractivity contribution in [2.24, 2.45) is 0 Å². The van der Waals surface area contributed by atoms with Gasteiger partial charge in [-0.15, -0.1) is 10.2 Å². The number of nitriles is 1. The third-order valence-electron chi connectivity index (χ3n) is 5.34. The molecule has 27 heavy (non-hydrogen) atoms. The summed E-state index contributed by atoms with van der Waals surface area (Å²) in [5.74, 6) is 0.476. The van der Waals surface area contributed by atoms with Gasteiger partial charge in [0.2, 0.25) is 0 Å². The maximum absolute atomic E-state index is 9.01. The van der Waals surface area contributed by atoms with E-state index in [2.05, 4.69) is 51.4 Å². The zero-order valence-corrected chi connectivity index (χ0v) is 16.2. The van der Waals surface area contributed by atoms with Crippen molar-refractivity contribution in [1.29, 1.82) is 5.26 Å². The number of aromatic nitrogens is 3. The minimum absolute atomic E-state index is 0.413. The summed E-state index contributed by atoms with van der Waals surface area (Å²) in [5.41, 5.74) is 4.88. The molecule has 2 aromatic heterocycles. The summed E-state index contributed by atoms with van der Waals surface area (Å²) in [6.07, 6.45) is 3.89. The third kappa shape index (κ3) is 3.27. The lowest BCUT2D eigenvalue weighted by molar-refractivity contribution is 0.251. The highest BCUT2D eigenvalue weighted by Crippen LogP contribution is 2.35. The summed E-state index contributed by atoms with van der Waals surface area (Å²) in [6, 6.07) is 10.0. The van der Waals surface area contributed by atoms with Crippen LogP contribution in [0.5, 0.6) is 0 Å². The second kappa shape index (κ2) is 7.22. The van der Waals surface area contributed by atoms with Crippen LogP contribution in [0.15, 0.2) is 30.5 Å². The second-order valence-corrected chi connectivity index (χ2v) is 7.59. The van der Waals surface area contributed by atoms with Crippen molar-refractivity contribution in [1.82, 2.24) is 20.1 Å². The van der Waals surface area contributed by atoms with Crippen molar-refractivity contribution in [3.05, 3.63) is 52.2 Å². The number of fused-ring (bicyclic) bond motifs is 1. The van der Waals surface area contributed by atoms with E-state index < -0.39 is 0 Å². The molecule has 4 rings (SSSR count). The first kappa shape index (κ1) is 17.8. The summed E-state index contributed by atoms with van der Waals surface area (Å²) in [6.45, 7) is 4.23. The number of hydrogen-bond donors (Lipinski definition) is 0. The lowest BCUT2D eigenvalue weighted by Gasteiger charge is -2.30. The summed E-state index contributed by atoms with van der Waals surface area (Å²) in [7, 11) is 2.17. The summed E-state index contributed by atoms with van der Waals surface area (Å²) in [4.78, 5) is 6.72. The Labute approximate surface area is 163 Å². The number of pyridine rings is 1. The number of halogens is 1. The molecular weight excluding hydrogens is 358 g/mol. The first-order valence-electron chi connectivity index (χ1n) is 9.09. The lowest BCUT2D eigenvalue weighted by atomic mass is 9.88. The van der Waals surface area contributed by atoms with E-state index in [0.29, 0.717) is 27.9 Å². The smallest absolute Gasteiger partial charge is 0.116 e. The maximum atomic E-state index is 9.01. The van der Waals surface area contributed by atoms with Crippen LogP contribution in [0.2, 0.25) is 5.02 Å². The molecule has 136 valence electrons. The van der Waals surface area contributed by atoms with Gasteiger partial charge in [0.1, 0.15) is 17.5 Å². The molecule has 1 atom stereocenters. The summed E-state index contributed by atoms with van der Waals surface area (Å²) >= 11 is 6.35. The largest absolute Gasteiger partial charge is 0.306 e. The molecule has 0 saturated carbocycles. The van der Waals surface area contributed by atoms with E-state index in [-0.39, 0.29) is 0 Å². The molecule has 1 aliphatic rings. The molecule has 0 amide bonds. The fraction of sp³-hybridized carbons (Fsp3) is 0.333. The highest BCUT2D eigenvalue weighted by atomic mass is 35.5. The Morgan fingerprint density at radius 3 is 2.85 bits per heavy atom. The first-order valence-corrected chi connectivity index (χ1v) is 9.46. The van der Waals surface area contributed by atoms with Crippen molar-refractivity contribution >= 4 is 22.5 Å². The second-order valence-electron chi connectivity index (χ2n) is 7.18. The molecule has 1 aliphatic heterocycles. The number of piperidine rings is 1. The average Bonchev–Trinajstić information content (AvgIpc) is 2.68. The van der Waals surface area contributed by atoms with E-state index in [4.69, 9.17) is 16.9 Å². The maximum Gasteiger partial charge on any atom is 0.116 e. The molecule has 0 spiro atoms. The number of likely N-dealkylation sites (tertiary alicyclic amines) is 1. The van der Waals surface area contributed by atoms with E-state index in [0.717, 1.165) is 29.6 Å². The topological polar surface area (TPSA) is 65.7 Å². The van der Waals surface area contributed by atoms with Crippen LogP contribution in [0.3, 0.4) is 0 Å². The van der Waals surface area contributed by atoms with E-state index in [9.17, 15) is 0 Å². The molecule has 0 aliphatic carbocycles. The van der Waals surface area contributed by atoms with Gasteiger partial charge in [-0.1, -0.05) is 29.8 Å². The number of benzene rings is 1. The van der Waals surface area contributed by atoms with Crippen LogP contribution in [0.1, 0.15) is 35.4 Å². The van der Waals surface area contributed by atoms with Gasteiger partial charge < -0.3 is 4.90 Å². The number of hydrogen-bond acceptors (Lipinski definition) is 5. The molecule has 0 N–H and O–H groups in total. The van der Waals surface area contributed by atoms with Crippen LogP contribution in [0, 0.1) is 18.3 Å². The molecule has 0 bridgehead atoms. The van der Waals surface area contributed by atoms with Crippen LogP contribution in [-0.2, 0) is 0 Å². The SMILES string of the molecule is Cc1c(-c2ncc(C#N)cc2Cl)nnc2c([C@H]3CCCN(C)C3)cccc12. The summed E-state index contributed by atoms with van der Waals surface area (Å²) < 4.78 is 0. The fourth-order valence-electron chi connectivity index (χ4n) is 3.93. The van der Waals surface area contributed by atoms with Gasteiger partial charge in [-0.2, -0.15) is 5.26 Å². The van der Waals surface area contributed by atoms with Gasteiger partial charge in [-0.05, 0) is 56.5 Å². The van der Waals surface area contributed by atoms with Gasteiger partial charge in [0, 0.05) is 18.1 Å². The van der Waals surface area contributed by atoms with Crippen molar-refractivity contribution in [3.63, 3.8) is 0 Å². The van der Waals surface area contributed by atoms with Gasteiger partial charge in [0.25, 0.3) is 0 Å². The molecule has 1 aromatic carbocycles. The lowest BCUT2D eigenvalue weighted by Crippen LogP contribution is -2.31. The van der Waals surface area contributed by atoms with Crippen LogP contribution >= 0.6 is 11.6 Å². The highest BCUT2D eigenvalue weighted by Gasteiger charge is 2.23. The highest BCUT2D eigenvalue weighted by molar-refractivity contribution is 6.33. The van der Waals surface area contributed by atoms with Crippen molar-refractivity contribution in [3.8, 4) is 17.5 Å². The number of rotatable bonds is 2. The monoisotopic (exact) mass is 377 g/mol. The third-order valence-corrected chi connectivity index (χ3v) is 5.62. The Bertz CT molecular complexity index is 1060. The van der Waals surface area contributed by atoms with Crippen molar-refractivity contribution < 1.29 is 0 Å². The Morgan fingerprint density at radius 2 is 2.11 bits per heavy atom. The van der Waals surface area contributed by atoms with E-state index in [1.807, 2.05) is 6.92 Å². The number of nitrogens with zero attached hydrogens (tertiary/aromatic N) is 5. The number of likely N-dealkylation sites (N-methyl/N-ethyl adjacent to an activating group) is 1. The predicted octanol–water partition coefficient (Wildman–Crippen LogP) is 4.33. The Hall–Kier alpha value is -2.55. The Kier molecular flexibility index (Phi) is 4.77. The van der Waals surface area contributed by atoms with E-state index in [1.165, 1.54) is 24.6 Å². The van der Waals surface area contributed by atoms with Gasteiger partial charge >= 0.3 is 0 Å². The van der Waals surface area contributed by atoms with Crippen LogP contribution in [-0.4, -0.2) is 40.2 Å². The predicted molar refractivity (Wildman–Crippen MR) is 107 cm³/mol. The molecule has 3 heterocycles. The van der Waals surface area contributed by atoms with Gasteiger partial charge in [0.15, 0.2) is 0 Å². The molecule has 3 aromatic rings. The molecule has 1 saturated heterocycles. The molecule has 1 fully saturated rings. The molecule has 5 nitrogen and oxygen atoms in total. The first-order chi connectivity index (χ1) is 13.1. The molecular formula is C21H20ClN5. The minimum Gasteiger partial charge on any atom is -0.306 e. The normalized spacial score (nSPS) is 17.8. The average molecular weight is 378 g/mol. The number of aryl methyl sites for hydroxylation is 1. The zero-order valence-electron chi connectivity index (χ0n) is 15.4. The standard InChI is InChI=1S/C21H20ClN5/c1-13-16-6-3-7-17(15-5-4-8-27(2)12-15)20(16)26-25-19(13)21-18(22)9-14(10-23)11-24-21/h3,6-7,9,11,15H,4-5,8,12H2,1-2H3/t15-/m0/s1. The molecule has 0 unspecified atom stereocenters. The molecule has 0 radical (unpaired) electrons. The quantitative estimate of drug-likeness (QED) is 0.664. The summed E-state index contributed by atoms with van der Waals surface area (Å²) in [5, 5.41) is 19.5. The van der Waals surface area contributed by atoms with Gasteiger partial charge in [0.05, 0.1) is 16.1 Å².